The lowest BCUT2D eigenvalue weighted by Crippen LogP contribution is -2.18. The number of nitrogens with zero attached hydrogens (tertiary/aromatic N) is 1. The Morgan fingerprint density at radius 3 is 2.79 bits per heavy atom. The molecule has 14 heavy (non-hydrogen) atoms. The maximum Gasteiger partial charge on any atom is 0.127 e. The first-order chi connectivity index (χ1) is 6.74. The molecule has 0 N–H and O–H groups in total. The zero-order chi connectivity index (χ0) is 10.4. The molecule has 0 aromatic heterocycles. The van der Waals surface area contributed by atoms with Gasteiger partial charge in [0.25, 0.3) is 0 Å². The van der Waals surface area contributed by atoms with E-state index in [1.54, 1.807) is 12.1 Å². The summed E-state index contributed by atoms with van der Waals surface area (Å²) in [5, 5.41) is 0. The van der Waals surface area contributed by atoms with Crippen LogP contribution in [0.1, 0.15) is 5.56 Å². The molecule has 0 bridgehead atoms. The van der Waals surface area contributed by atoms with Crippen molar-refractivity contribution in [2.45, 2.75) is 6.54 Å². The van der Waals surface area contributed by atoms with E-state index in [9.17, 15) is 4.39 Å². The first-order valence-electron chi connectivity index (χ1n) is 4.41. The largest absolute Gasteiger partial charge is 0.298 e. The topological polar surface area (TPSA) is 3.24 Å². The molecule has 0 atom stereocenters. The van der Waals surface area contributed by atoms with E-state index in [1.165, 1.54) is 11.6 Å². The number of likely N-dealkylation sites (N-methyl/N-ethyl adjacent to an activating group) is 1. The lowest BCUT2D eigenvalue weighted by Gasteiger charge is -2.14. The highest BCUT2D eigenvalue weighted by Gasteiger charge is 2.02. The van der Waals surface area contributed by atoms with Gasteiger partial charge in [-0.15, -0.1) is 0 Å². The van der Waals surface area contributed by atoms with Gasteiger partial charge in [0.1, 0.15) is 5.82 Å². The fourth-order valence-electron chi connectivity index (χ4n) is 1.20. The molecule has 1 aromatic carbocycles. The summed E-state index contributed by atoms with van der Waals surface area (Å²) in [7, 11) is 1.92. The van der Waals surface area contributed by atoms with Crippen LogP contribution in [0.5, 0.6) is 0 Å². The van der Waals surface area contributed by atoms with Gasteiger partial charge in [0, 0.05) is 24.2 Å². The molecule has 0 amide bonds. The number of benzene rings is 1. The van der Waals surface area contributed by atoms with Crippen molar-refractivity contribution in [3.05, 3.63) is 47.3 Å². The van der Waals surface area contributed by atoms with E-state index >= 15 is 0 Å². The standard InChI is InChI=1S/C11H13ClFN/c1-14(8-4-7-12)9-10-5-2-3-6-11(10)13/h2-7H,8-9H2,1H3/b7-4+. The Labute approximate surface area is 88.8 Å². The lowest BCUT2D eigenvalue weighted by molar-refractivity contribution is 0.356. The molecule has 1 aromatic rings. The molecule has 0 heterocycles. The van der Waals surface area contributed by atoms with Gasteiger partial charge in [-0.1, -0.05) is 35.9 Å². The summed E-state index contributed by atoms with van der Waals surface area (Å²) in [5.41, 5.74) is 2.18. The summed E-state index contributed by atoms with van der Waals surface area (Å²) in [6.45, 7) is 1.31. The van der Waals surface area contributed by atoms with Gasteiger partial charge in [-0.25, -0.2) is 4.39 Å². The van der Waals surface area contributed by atoms with Crippen LogP contribution in [-0.4, -0.2) is 18.5 Å². The average molecular weight is 214 g/mol. The summed E-state index contributed by atoms with van der Waals surface area (Å²) >= 11 is 5.40. The summed E-state index contributed by atoms with van der Waals surface area (Å²) in [5.74, 6) is -0.158. The summed E-state index contributed by atoms with van der Waals surface area (Å²) in [6, 6.07) is 6.79. The summed E-state index contributed by atoms with van der Waals surface area (Å²) in [6.07, 6.45) is 1.82. The second-order valence-corrected chi connectivity index (χ2v) is 3.40. The third-order valence-corrected chi connectivity index (χ3v) is 2.08. The molecule has 0 spiro atoms. The maximum atomic E-state index is 13.2. The van der Waals surface area contributed by atoms with Crippen molar-refractivity contribution in [1.29, 1.82) is 0 Å². The van der Waals surface area contributed by atoms with Crippen molar-refractivity contribution in [1.82, 2.24) is 4.90 Å². The summed E-state index contributed by atoms with van der Waals surface area (Å²) in [4.78, 5) is 1.98. The minimum atomic E-state index is -0.158. The van der Waals surface area contributed by atoms with E-state index < -0.39 is 0 Å². The second-order valence-electron chi connectivity index (χ2n) is 3.15. The van der Waals surface area contributed by atoms with Crippen LogP contribution in [0.2, 0.25) is 0 Å². The van der Waals surface area contributed by atoms with Crippen LogP contribution < -0.4 is 0 Å². The Kier molecular flexibility index (Phi) is 4.63. The van der Waals surface area contributed by atoms with Gasteiger partial charge >= 0.3 is 0 Å². The van der Waals surface area contributed by atoms with Crippen LogP contribution in [0.15, 0.2) is 35.9 Å². The van der Waals surface area contributed by atoms with Gasteiger partial charge in [-0.2, -0.15) is 0 Å². The van der Waals surface area contributed by atoms with Crippen molar-refractivity contribution in [3.8, 4) is 0 Å². The Hall–Kier alpha value is -0.860. The Bertz CT molecular complexity index is 312. The number of hydrogen-bond acceptors (Lipinski definition) is 1. The van der Waals surface area contributed by atoms with Crippen LogP contribution in [0.4, 0.5) is 4.39 Å². The minimum Gasteiger partial charge on any atom is -0.298 e. The first-order valence-corrected chi connectivity index (χ1v) is 4.85. The van der Waals surface area contributed by atoms with Crippen LogP contribution in [-0.2, 0) is 6.54 Å². The monoisotopic (exact) mass is 213 g/mol. The third kappa shape index (κ3) is 3.48. The molecular formula is C11H13ClFN. The molecule has 1 rings (SSSR count). The number of halogens is 2. The molecule has 0 saturated carbocycles. The number of hydrogen-bond donors (Lipinski definition) is 0. The molecule has 0 radical (unpaired) electrons. The maximum absolute atomic E-state index is 13.2. The number of rotatable bonds is 4. The van der Waals surface area contributed by atoms with E-state index in [0.717, 1.165) is 6.54 Å². The van der Waals surface area contributed by atoms with E-state index in [-0.39, 0.29) is 5.82 Å². The smallest absolute Gasteiger partial charge is 0.127 e. The average Bonchev–Trinajstić information content (AvgIpc) is 2.18. The lowest BCUT2D eigenvalue weighted by atomic mass is 10.2. The van der Waals surface area contributed by atoms with Crippen LogP contribution >= 0.6 is 11.6 Å². The van der Waals surface area contributed by atoms with E-state index in [1.807, 2.05) is 24.1 Å². The molecule has 0 fully saturated rings. The Balaban J connectivity index is 2.55. The van der Waals surface area contributed by atoms with Crippen molar-refractivity contribution in [3.63, 3.8) is 0 Å². The van der Waals surface area contributed by atoms with Gasteiger partial charge < -0.3 is 0 Å². The molecule has 0 unspecified atom stereocenters. The van der Waals surface area contributed by atoms with E-state index in [0.29, 0.717) is 12.1 Å². The SMILES string of the molecule is CN(C/C=C/Cl)Cc1ccccc1F. The third-order valence-electron chi connectivity index (χ3n) is 1.90. The first kappa shape index (κ1) is 11.2. The fraction of sp³-hybridized carbons (Fsp3) is 0.273. The zero-order valence-corrected chi connectivity index (χ0v) is 8.84. The van der Waals surface area contributed by atoms with Gasteiger partial charge in [0.05, 0.1) is 0 Å². The molecule has 0 aliphatic heterocycles. The molecule has 76 valence electrons. The van der Waals surface area contributed by atoms with Crippen molar-refractivity contribution in [2.24, 2.45) is 0 Å². The van der Waals surface area contributed by atoms with Crippen LogP contribution in [0, 0.1) is 5.82 Å². The molecule has 3 heteroatoms. The Morgan fingerprint density at radius 1 is 1.43 bits per heavy atom. The normalized spacial score (nSPS) is 11.4. The van der Waals surface area contributed by atoms with Gasteiger partial charge in [0.2, 0.25) is 0 Å². The highest BCUT2D eigenvalue weighted by atomic mass is 35.5. The second kappa shape index (κ2) is 5.78. The highest BCUT2D eigenvalue weighted by molar-refractivity contribution is 6.25. The quantitative estimate of drug-likeness (QED) is 0.743. The summed E-state index contributed by atoms with van der Waals surface area (Å²) < 4.78 is 13.2. The van der Waals surface area contributed by atoms with E-state index in [4.69, 9.17) is 11.6 Å². The predicted molar refractivity (Wildman–Crippen MR) is 57.7 cm³/mol. The molecule has 0 aliphatic carbocycles. The molecule has 0 aliphatic rings. The van der Waals surface area contributed by atoms with Gasteiger partial charge in [-0.05, 0) is 13.1 Å². The van der Waals surface area contributed by atoms with Gasteiger partial charge in [-0.3, -0.25) is 4.90 Å². The predicted octanol–water partition coefficient (Wildman–Crippen LogP) is 3.01. The zero-order valence-electron chi connectivity index (χ0n) is 8.08. The molecular weight excluding hydrogens is 201 g/mol. The fourth-order valence-corrected chi connectivity index (χ4v) is 1.28. The van der Waals surface area contributed by atoms with Crippen LogP contribution in [0.25, 0.3) is 0 Å². The van der Waals surface area contributed by atoms with Crippen molar-refractivity contribution in [2.75, 3.05) is 13.6 Å². The minimum absolute atomic E-state index is 0.158. The highest BCUT2D eigenvalue weighted by Crippen LogP contribution is 2.08. The van der Waals surface area contributed by atoms with Crippen LogP contribution in [0.3, 0.4) is 0 Å². The molecule has 0 saturated heterocycles. The van der Waals surface area contributed by atoms with Crippen molar-refractivity contribution < 1.29 is 4.39 Å². The van der Waals surface area contributed by atoms with Crippen molar-refractivity contribution >= 4 is 11.6 Å². The van der Waals surface area contributed by atoms with E-state index in [2.05, 4.69) is 0 Å². The molecule has 1 nitrogen and oxygen atoms in total. The van der Waals surface area contributed by atoms with Gasteiger partial charge in [0.15, 0.2) is 0 Å². The Morgan fingerprint density at radius 2 is 2.14 bits per heavy atom.